The van der Waals surface area contributed by atoms with Crippen LogP contribution in [-0.4, -0.2) is 38.0 Å². The smallest absolute Gasteiger partial charge is 0.224 e. The van der Waals surface area contributed by atoms with E-state index in [0.29, 0.717) is 25.3 Å². The van der Waals surface area contributed by atoms with Gasteiger partial charge < -0.3 is 16.0 Å². The molecule has 1 unspecified atom stereocenters. The van der Waals surface area contributed by atoms with Crippen molar-refractivity contribution in [2.75, 3.05) is 26.2 Å². The van der Waals surface area contributed by atoms with Crippen molar-refractivity contribution in [2.45, 2.75) is 25.7 Å². The molecule has 0 radical (unpaired) electrons. The standard InChI is InChI=1S/C17H25N3O2/c21-16(20-13-15-7-4-9-18-12-15)8-10-19-17(22)11-14-5-2-1-3-6-14/h1-3,5-6,15,18H,4,7-13H2,(H,19,22)(H,20,21). The lowest BCUT2D eigenvalue weighted by molar-refractivity contribution is -0.122. The van der Waals surface area contributed by atoms with Gasteiger partial charge in [-0.05, 0) is 37.4 Å². The number of nitrogens with one attached hydrogen (secondary N) is 3. The summed E-state index contributed by atoms with van der Waals surface area (Å²) in [6.45, 7) is 3.18. The van der Waals surface area contributed by atoms with E-state index in [2.05, 4.69) is 16.0 Å². The molecule has 5 heteroatoms. The molecule has 0 aromatic heterocycles. The average molecular weight is 303 g/mol. The normalized spacial score (nSPS) is 17.7. The van der Waals surface area contributed by atoms with Gasteiger partial charge in [0.05, 0.1) is 6.42 Å². The van der Waals surface area contributed by atoms with E-state index in [9.17, 15) is 9.59 Å². The van der Waals surface area contributed by atoms with E-state index in [1.807, 2.05) is 30.3 Å². The fourth-order valence-corrected chi connectivity index (χ4v) is 2.60. The van der Waals surface area contributed by atoms with Crippen molar-refractivity contribution in [3.63, 3.8) is 0 Å². The zero-order chi connectivity index (χ0) is 15.6. The predicted molar refractivity (Wildman–Crippen MR) is 86.4 cm³/mol. The third-order valence-corrected chi connectivity index (χ3v) is 3.87. The van der Waals surface area contributed by atoms with E-state index < -0.39 is 0 Å². The Morgan fingerprint density at radius 2 is 1.95 bits per heavy atom. The second-order valence-electron chi connectivity index (χ2n) is 5.78. The van der Waals surface area contributed by atoms with Crippen LogP contribution in [0.4, 0.5) is 0 Å². The fraction of sp³-hybridized carbons (Fsp3) is 0.529. The minimum absolute atomic E-state index is 0.00517. The molecule has 1 aromatic rings. The molecule has 2 rings (SSSR count). The molecule has 1 fully saturated rings. The predicted octanol–water partition coefficient (Wildman–Crippen LogP) is 0.851. The second kappa shape index (κ2) is 9.20. The van der Waals surface area contributed by atoms with Gasteiger partial charge in [0.1, 0.15) is 0 Å². The Kier molecular flexibility index (Phi) is 6.90. The van der Waals surface area contributed by atoms with Crippen molar-refractivity contribution in [1.29, 1.82) is 0 Å². The van der Waals surface area contributed by atoms with Crippen molar-refractivity contribution < 1.29 is 9.59 Å². The van der Waals surface area contributed by atoms with E-state index >= 15 is 0 Å². The molecule has 1 saturated heterocycles. The molecule has 120 valence electrons. The quantitative estimate of drug-likeness (QED) is 0.699. The maximum atomic E-state index is 11.7. The zero-order valence-electron chi connectivity index (χ0n) is 12.9. The van der Waals surface area contributed by atoms with Crippen molar-refractivity contribution in [1.82, 2.24) is 16.0 Å². The van der Waals surface area contributed by atoms with Gasteiger partial charge in [-0.25, -0.2) is 0 Å². The van der Waals surface area contributed by atoms with Crippen molar-refractivity contribution in [2.24, 2.45) is 5.92 Å². The summed E-state index contributed by atoms with van der Waals surface area (Å²) in [6, 6.07) is 9.59. The Labute approximate surface area is 131 Å². The number of carbonyl (C=O) groups excluding carboxylic acids is 2. The van der Waals surface area contributed by atoms with Crippen molar-refractivity contribution in [3.05, 3.63) is 35.9 Å². The molecular formula is C17H25N3O2. The SMILES string of the molecule is O=C(CCNC(=O)Cc1ccccc1)NCC1CCCNC1. The highest BCUT2D eigenvalue weighted by Gasteiger charge is 2.13. The maximum absolute atomic E-state index is 11.7. The van der Waals surface area contributed by atoms with Crippen LogP contribution in [0.2, 0.25) is 0 Å². The third-order valence-electron chi connectivity index (χ3n) is 3.87. The summed E-state index contributed by atoms with van der Waals surface area (Å²) in [7, 11) is 0. The number of carbonyl (C=O) groups is 2. The van der Waals surface area contributed by atoms with E-state index in [1.165, 1.54) is 12.8 Å². The molecule has 1 aliphatic rings. The number of rotatable bonds is 7. The Hall–Kier alpha value is -1.88. The minimum atomic E-state index is -0.0459. The van der Waals surface area contributed by atoms with Gasteiger partial charge in [0.15, 0.2) is 0 Å². The molecule has 0 bridgehead atoms. The lowest BCUT2D eigenvalue weighted by Gasteiger charge is -2.22. The first-order valence-electron chi connectivity index (χ1n) is 8.02. The fourth-order valence-electron chi connectivity index (χ4n) is 2.60. The summed E-state index contributed by atoms with van der Waals surface area (Å²) in [5.41, 5.74) is 0.981. The number of benzene rings is 1. The highest BCUT2D eigenvalue weighted by atomic mass is 16.2. The van der Waals surface area contributed by atoms with Crippen LogP contribution in [0.25, 0.3) is 0 Å². The van der Waals surface area contributed by atoms with Gasteiger partial charge in [-0.2, -0.15) is 0 Å². The molecule has 2 amide bonds. The summed E-state index contributed by atoms with van der Waals surface area (Å²) in [5.74, 6) is 0.492. The largest absolute Gasteiger partial charge is 0.356 e. The highest BCUT2D eigenvalue weighted by molar-refractivity contribution is 5.80. The topological polar surface area (TPSA) is 70.2 Å². The van der Waals surface area contributed by atoms with Crippen LogP contribution in [0.1, 0.15) is 24.8 Å². The highest BCUT2D eigenvalue weighted by Crippen LogP contribution is 2.08. The molecule has 0 spiro atoms. The molecule has 1 heterocycles. The van der Waals surface area contributed by atoms with Crippen LogP contribution in [-0.2, 0) is 16.0 Å². The Bertz CT molecular complexity index is 470. The van der Waals surface area contributed by atoms with Crippen LogP contribution in [0, 0.1) is 5.92 Å². The molecule has 1 aromatic carbocycles. The van der Waals surface area contributed by atoms with E-state index in [-0.39, 0.29) is 11.8 Å². The van der Waals surface area contributed by atoms with Gasteiger partial charge in [0.25, 0.3) is 0 Å². The molecule has 1 atom stereocenters. The maximum Gasteiger partial charge on any atom is 0.224 e. The molecule has 0 saturated carbocycles. The Morgan fingerprint density at radius 3 is 2.68 bits per heavy atom. The van der Waals surface area contributed by atoms with Crippen LogP contribution in [0.15, 0.2) is 30.3 Å². The first-order valence-corrected chi connectivity index (χ1v) is 8.02. The number of hydrogen-bond donors (Lipinski definition) is 3. The number of hydrogen-bond acceptors (Lipinski definition) is 3. The van der Waals surface area contributed by atoms with E-state index in [4.69, 9.17) is 0 Å². The summed E-state index contributed by atoms with van der Waals surface area (Å²) in [5, 5.41) is 9.06. The van der Waals surface area contributed by atoms with Crippen LogP contribution in [0.5, 0.6) is 0 Å². The van der Waals surface area contributed by atoms with Gasteiger partial charge in [-0.3, -0.25) is 9.59 Å². The summed E-state index contributed by atoms with van der Waals surface area (Å²) in [6.07, 6.45) is 3.04. The number of amides is 2. The van der Waals surface area contributed by atoms with Gasteiger partial charge in [0, 0.05) is 19.5 Å². The average Bonchev–Trinajstić information content (AvgIpc) is 2.55. The van der Waals surface area contributed by atoms with Crippen LogP contribution in [0.3, 0.4) is 0 Å². The van der Waals surface area contributed by atoms with E-state index in [0.717, 1.165) is 25.2 Å². The van der Waals surface area contributed by atoms with Crippen LogP contribution >= 0.6 is 0 Å². The lowest BCUT2D eigenvalue weighted by atomic mass is 10.00. The minimum Gasteiger partial charge on any atom is -0.356 e. The Morgan fingerprint density at radius 1 is 1.14 bits per heavy atom. The first kappa shape index (κ1) is 16.5. The van der Waals surface area contributed by atoms with E-state index in [1.54, 1.807) is 0 Å². The monoisotopic (exact) mass is 303 g/mol. The Balaban J connectivity index is 1.55. The first-order chi connectivity index (χ1) is 10.7. The molecule has 1 aliphatic heterocycles. The molecule has 3 N–H and O–H groups in total. The molecule has 5 nitrogen and oxygen atoms in total. The summed E-state index contributed by atoms with van der Waals surface area (Å²) >= 11 is 0. The third kappa shape index (κ3) is 6.26. The second-order valence-corrected chi connectivity index (χ2v) is 5.78. The molecule has 0 aliphatic carbocycles. The zero-order valence-corrected chi connectivity index (χ0v) is 12.9. The number of piperidine rings is 1. The summed E-state index contributed by atoms with van der Waals surface area (Å²) < 4.78 is 0. The molecule has 22 heavy (non-hydrogen) atoms. The van der Waals surface area contributed by atoms with Gasteiger partial charge in [-0.1, -0.05) is 30.3 Å². The lowest BCUT2D eigenvalue weighted by Crippen LogP contribution is -2.39. The van der Waals surface area contributed by atoms with Gasteiger partial charge in [-0.15, -0.1) is 0 Å². The van der Waals surface area contributed by atoms with Gasteiger partial charge in [0.2, 0.25) is 11.8 Å². The van der Waals surface area contributed by atoms with Crippen molar-refractivity contribution in [3.8, 4) is 0 Å². The summed E-state index contributed by atoms with van der Waals surface area (Å²) in [4.78, 5) is 23.5. The van der Waals surface area contributed by atoms with Gasteiger partial charge >= 0.3 is 0 Å². The van der Waals surface area contributed by atoms with Crippen molar-refractivity contribution >= 4 is 11.8 Å². The van der Waals surface area contributed by atoms with Crippen LogP contribution < -0.4 is 16.0 Å². The molecular weight excluding hydrogens is 278 g/mol.